The number of hydrogen-bond donors (Lipinski definition) is 0. The summed E-state index contributed by atoms with van der Waals surface area (Å²) in [5.74, 6) is -0.106. The van der Waals surface area contributed by atoms with Crippen LogP contribution < -0.4 is 0 Å². The van der Waals surface area contributed by atoms with E-state index in [4.69, 9.17) is 4.74 Å². The van der Waals surface area contributed by atoms with Gasteiger partial charge in [0.05, 0.1) is 10.7 Å². The van der Waals surface area contributed by atoms with Gasteiger partial charge >= 0.3 is 5.97 Å². The van der Waals surface area contributed by atoms with Crippen LogP contribution in [-0.2, 0) is 14.9 Å². The molecule has 0 radical (unpaired) electrons. The number of rotatable bonds is 1. The molecular formula is C11H15NO2S. The summed E-state index contributed by atoms with van der Waals surface area (Å²) in [5, 5.41) is 3.10. The predicted octanol–water partition coefficient (Wildman–Crippen LogP) is 2.82. The molecule has 3 nitrogen and oxygen atoms in total. The third kappa shape index (κ3) is 2.20. The van der Waals surface area contributed by atoms with Gasteiger partial charge in [-0.3, -0.25) is 4.79 Å². The van der Waals surface area contributed by atoms with Crippen LogP contribution in [0.1, 0.15) is 50.4 Å². The summed E-state index contributed by atoms with van der Waals surface area (Å²) in [5.41, 5.74) is 0.988. The van der Waals surface area contributed by atoms with Gasteiger partial charge in [-0.2, -0.15) is 0 Å². The molecule has 1 aromatic rings. The molecule has 1 aromatic heterocycles. The minimum Gasteiger partial charge on any atom is -0.456 e. The molecule has 0 N–H and O–H groups in total. The maximum absolute atomic E-state index is 11.0. The van der Waals surface area contributed by atoms with Gasteiger partial charge in [0.1, 0.15) is 6.10 Å². The fraction of sp³-hybridized carbons (Fsp3) is 0.636. The largest absolute Gasteiger partial charge is 0.456 e. The van der Waals surface area contributed by atoms with Gasteiger partial charge in [0.2, 0.25) is 0 Å². The lowest BCUT2D eigenvalue weighted by Gasteiger charge is -2.14. The lowest BCUT2D eigenvalue weighted by atomic mass is 9.98. The summed E-state index contributed by atoms with van der Waals surface area (Å²) >= 11 is 1.64. The Bertz CT molecular complexity index is 378. The maximum Gasteiger partial charge on any atom is 0.306 e. The molecule has 1 fully saturated rings. The Morgan fingerprint density at radius 1 is 1.53 bits per heavy atom. The average Bonchev–Trinajstić information content (AvgIpc) is 2.69. The molecule has 1 saturated heterocycles. The van der Waals surface area contributed by atoms with E-state index in [1.165, 1.54) is 0 Å². The van der Waals surface area contributed by atoms with Gasteiger partial charge in [-0.05, 0) is 0 Å². The molecule has 1 unspecified atom stereocenters. The van der Waals surface area contributed by atoms with Crippen molar-refractivity contribution in [1.82, 2.24) is 4.98 Å². The SMILES string of the molecule is CC(C)(C)c1nc(C2CCC(=O)O2)cs1. The first kappa shape index (κ1) is 10.6. The highest BCUT2D eigenvalue weighted by atomic mass is 32.1. The van der Waals surface area contributed by atoms with Crippen LogP contribution in [0.5, 0.6) is 0 Å². The van der Waals surface area contributed by atoms with Crippen LogP contribution in [-0.4, -0.2) is 11.0 Å². The molecule has 1 atom stereocenters. The monoisotopic (exact) mass is 225 g/mol. The highest BCUT2D eigenvalue weighted by molar-refractivity contribution is 7.09. The van der Waals surface area contributed by atoms with Crippen molar-refractivity contribution in [2.75, 3.05) is 0 Å². The van der Waals surface area contributed by atoms with E-state index in [1.807, 2.05) is 5.38 Å². The molecule has 0 amide bonds. The lowest BCUT2D eigenvalue weighted by Crippen LogP contribution is -2.11. The number of hydrogen-bond acceptors (Lipinski definition) is 4. The number of esters is 1. The van der Waals surface area contributed by atoms with Crippen molar-refractivity contribution in [2.24, 2.45) is 0 Å². The second-order valence-electron chi connectivity index (χ2n) is 4.84. The fourth-order valence-corrected chi connectivity index (χ4v) is 2.46. The van der Waals surface area contributed by atoms with Crippen LogP contribution in [0.25, 0.3) is 0 Å². The smallest absolute Gasteiger partial charge is 0.306 e. The first-order valence-electron chi connectivity index (χ1n) is 5.12. The van der Waals surface area contributed by atoms with E-state index < -0.39 is 0 Å². The maximum atomic E-state index is 11.0. The number of cyclic esters (lactones) is 1. The van der Waals surface area contributed by atoms with E-state index in [9.17, 15) is 4.79 Å². The molecule has 0 aliphatic carbocycles. The first-order chi connectivity index (χ1) is 6.97. The van der Waals surface area contributed by atoms with Gasteiger partial charge in [0.25, 0.3) is 0 Å². The van der Waals surface area contributed by atoms with Gasteiger partial charge in [-0.15, -0.1) is 11.3 Å². The molecule has 4 heteroatoms. The first-order valence-corrected chi connectivity index (χ1v) is 6.00. The molecule has 0 spiro atoms. The van der Waals surface area contributed by atoms with E-state index in [0.29, 0.717) is 6.42 Å². The number of ether oxygens (including phenoxy) is 1. The molecule has 0 aromatic carbocycles. The van der Waals surface area contributed by atoms with E-state index in [2.05, 4.69) is 25.8 Å². The quantitative estimate of drug-likeness (QED) is 0.690. The summed E-state index contributed by atoms with van der Waals surface area (Å²) in [7, 11) is 0. The van der Waals surface area contributed by atoms with E-state index in [0.717, 1.165) is 17.1 Å². The van der Waals surface area contributed by atoms with Crippen molar-refractivity contribution in [1.29, 1.82) is 0 Å². The van der Waals surface area contributed by atoms with Crippen molar-refractivity contribution >= 4 is 17.3 Å². The Kier molecular flexibility index (Phi) is 2.54. The highest BCUT2D eigenvalue weighted by Crippen LogP contribution is 2.33. The number of nitrogens with zero attached hydrogens (tertiary/aromatic N) is 1. The molecule has 15 heavy (non-hydrogen) atoms. The zero-order chi connectivity index (χ0) is 11.1. The topological polar surface area (TPSA) is 39.2 Å². The van der Waals surface area contributed by atoms with Crippen molar-refractivity contribution < 1.29 is 9.53 Å². The van der Waals surface area contributed by atoms with Crippen molar-refractivity contribution in [2.45, 2.75) is 45.1 Å². The van der Waals surface area contributed by atoms with Gasteiger partial charge in [0.15, 0.2) is 0 Å². The standard InChI is InChI=1S/C11H15NO2S/c1-11(2,3)10-12-7(6-15-10)8-4-5-9(13)14-8/h6,8H,4-5H2,1-3H3. The van der Waals surface area contributed by atoms with Crippen LogP contribution >= 0.6 is 11.3 Å². The third-order valence-corrected chi connectivity index (χ3v) is 3.66. The van der Waals surface area contributed by atoms with Gasteiger partial charge in [-0.25, -0.2) is 4.98 Å². The molecule has 0 saturated carbocycles. The Morgan fingerprint density at radius 3 is 2.73 bits per heavy atom. The molecule has 2 heterocycles. The van der Waals surface area contributed by atoms with Crippen LogP contribution in [0.15, 0.2) is 5.38 Å². The van der Waals surface area contributed by atoms with Crippen LogP contribution in [0, 0.1) is 0 Å². The molecule has 82 valence electrons. The van der Waals surface area contributed by atoms with Gasteiger partial charge < -0.3 is 4.74 Å². The second-order valence-corrected chi connectivity index (χ2v) is 5.70. The zero-order valence-corrected chi connectivity index (χ0v) is 10.1. The molecule has 0 bridgehead atoms. The molecule has 1 aliphatic rings. The lowest BCUT2D eigenvalue weighted by molar-refractivity contribution is -0.141. The number of thiazole rings is 1. The summed E-state index contributed by atoms with van der Waals surface area (Å²) in [6, 6.07) is 0. The molecule has 1 aliphatic heterocycles. The molecular weight excluding hydrogens is 210 g/mol. The van der Waals surface area contributed by atoms with E-state index in [-0.39, 0.29) is 17.5 Å². The summed E-state index contributed by atoms with van der Waals surface area (Å²) in [6.07, 6.45) is 1.18. The Balaban J connectivity index is 2.17. The number of carbonyl (C=O) groups is 1. The number of aromatic nitrogens is 1. The zero-order valence-electron chi connectivity index (χ0n) is 9.24. The minimum absolute atomic E-state index is 0.0749. The summed E-state index contributed by atoms with van der Waals surface area (Å²) in [6.45, 7) is 6.41. The van der Waals surface area contributed by atoms with Crippen LogP contribution in [0.3, 0.4) is 0 Å². The second kappa shape index (κ2) is 3.59. The summed E-state index contributed by atoms with van der Waals surface area (Å²) < 4.78 is 5.18. The van der Waals surface area contributed by atoms with Crippen molar-refractivity contribution in [3.05, 3.63) is 16.1 Å². The average molecular weight is 225 g/mol. The van der Waals surface area contributed by atoms with E-state index >= 15 is 0 Å². The van der Waals surface area contributed by atoms with Crippen LogP contribution in [0.4, 0.5) is 0 Å². The summed E-state index contributed by atoms with van der Waals surface area (Å²) in [4.78, 5) is 15.5. The van der Waals surface area contributed by atoms with Gasteiger partial charge in [0, 0.05) is 23.6 Å². The molecule has 2 rings (SSSR count). The third-order valence-electron chi connectivity index (χ3n) is 2.38. The minimum atomic E-state index is -0.107. The van der Waals surface area contributed by atoms with E-state index in [1.54, 1.807) is 11.3 Å². The predicted molar refractivity (Wildman–Crippen MR) is 58.9 cm³/mol. The van der Waals surface area contributed by atoms with Gasteiger partial charge in [-0.1, -0.05) is 20.8 Å². The highest BCUT2D eigenvalue weighted by Gasteiger charge is 2.28. The normalized spacial score (nSPS) is 21.8. The Labute approximate surface area is 93.5 Å². The van der Waals surface area contributed by atoms with Crippen molar-refractivity contribution in [3.8, 4) is 0 Å². The Morgan fingerprint density at radius 2 is 2.27 bits per heavy atom. The number of carbonyl (C=O) groups excluding carboxylic acids is 1. The van der Waals surface area contributed by atoms with Crippen LogP contribution in [0.2, 0.25) is 0 Å². The van der Waals surface area contributed by atoms with Crippen molar-refractivity contribution in [3.63, 3.8) is 0 Å². The fourth-order valence-electron chi connectivity index (χ4n) is 1.51. The Hall–Kier alpha value is -0.900.